The van der Waals surface area contributed by atoms with Crippen molar-refractivity contribution in [2.24, 2.45) is 5.92 Å². The average molecular weight is 320 g/mol. The van der Waals surface area contributed by atoms with Crippen LogP contribution in [-0.4, -0.2) is 35.1 Å². The molecule has 4 rings (SSSR count). The quantitative estimate of drug-likeness (QED) is 0.775. The number of nitrogens with zero attached hydrogens (tertiary/aromatic N) is 2. The molecular weight excluding hydrogens is 300 g/mol. The van der Waals surface area contributed by atoms with Crippen molar-refractivity contribution >= 4 is 16.9 Å². The predicted octanol–water partition coefficient (Wildman–Crippen LogP) is 2.28. The Balaban J connectivity index is 1.63. The molecule has 1 aliphatic heterocycles. The van der Waals surface area contributed by atoms with E-state index in [1.807, 2.05) is 43.3 Å². The van der Waals surface area contributed by atoms with Crippen molar-refractivity contribution in [1.82, 2.24) is 20.2 Å². The molecule has 0 unspecified atom stereocenters. The van der Waals surface area contributed by atoms with Crippen LogP contribution >= 0.6 is 0 Å². The maximum Gasteiger partial charge on any atom is 0.251 e. The first-order chi connectivity index (χ1) is 11.7. The van der Waals surface area contributed by atoms with Crippen molar-refractivity contribution in [2.45, 2.75) is 6.92 Å². The van der Waals surface area contributed by atoms with Crippen LogP contribution < -0.4 is 10.6 Å². The van der Waals surface area contributed by atoms with Crippen LogP contribution in [0.2, 0.25) is 0 Å². The van der Waals surface area contributed by atoms with Crippen LogP contribution in [0.5, 0.6) is 0 Å². The smallest absolute Gasteiger partial charge is 0.251 e. The average Bonchev–Trinajstić information content (AvgIpc) is 2.89. The summed E-state index contributed by atoms with van der Waals surface area (Å²) in [5.41, 5.74) is 3.59. The summed E-state index contributed by atoms with van der Waals surface area (Å²) < 4.78 is 2.11. The van der Waals surface area contributed by atoms with E-state index in [1.165, 1.54) is 0 Å². The number of hydrogen-bond acceptors (Lipinski definition) is 3. The molecule has 24 heavy (non-hydrogen) atoms. The van der Waals surface area contributed by atoms with E-state index >= 15 is 0 Å². The van der Waals surface area contributed by atoms with Crippen molar-refractivity contribution in [3.8, 4) is 5.69 Å². The molecule has 2 aromatic carbocycles. The van der Waals surface area contributed by atoms with E-state index in [-0.39, 0.29) is 5.91 Å². The molecule has 1 aliphatic rings. The van der Waals surface area contributed by atoms with Gasteiger partial charge in [-0.25, -0.2) is 4.98 Å². The number of carbonyl (C=O) groups excluding carboxylic acids is 1. The number of aromatic nitrogens is 2. The van der Waals surface area contributed by atoms with E-state index in [4.69, 9.17) is 0 Å². The van der Waals surface area contributed by atoms with Gasteiger partial charge in [0.15, 0.2) is 0 Å². The molecule has 0 saturated carbocycles. The van der Waals surface area contributed by atoms with Gasteiger partial charge in [-0.2, -0.15) is 0 Å². The minimum absolute atomic E-state index is 0.0317. The molecule has 5 nitrogen and oxygen atoms in total. The van der Waals surface area contributed by atoms with Crippen LogP contribution in [0.4, 0.5) is 0 Å². The zero-order valence-electron chi connectivity index (χ0n) is 13.6. The fraction of sp³-hybridized carbons (Fsp3) is 0.263. The van der Waals surface area contributed by atoms with Gasteiger partial charge in [-0.1, -0.05) is 18.2 Å². The maximum atomic E-state index is 12.3. The zero-order chi connectivity index (χ0) is 16.5. The first-order valence-electron chi connectivity index (χ1n) is 8.26. The van der Waals surface area contributed by atoms with Crippen LogP contribution in [0.3, 0.4) is 0 Å². The molecule has 2 heterocycles. The molecular formula is C19H20N4O. The molecule has 1 aromatic heterocycles. The highest BCUT2D eigenvalue weighted by atomic mass is 16.1. The van der Waals surface area contributed by atoms with Gasteiger partial charge in [-0.15, -0.1) is 0 Å². The number of para-hydroxylation sites is 1. The number of carbonyl (C=O) groups is 1. The summed E-state index contributed by atoms with van der Waals surface area (Å²) >= 11 is 0. The van der Waals surface area contributed by atoms with Crippen LogP contribution in [-0.2, 0) is 0 Å². The Morgan fingerprint density at radius 1 is 1.25 bits per heavy atom. The van der Waals surface area contributed by atoms with Crippen molar-refractivity contribution in [1.29, 1.82) is 0 Å². The SMILES string of the molecule is Cc1nc2cc(C(=O)NCC3CNC3)ccc2n1-c1ccccc1. The molecule has 0 radical (unpaired) electrons. The third kappa shape index (κ3) is 2.67. The second kappa shape index (κ2) is 6.09. The van der Waals surface area contributed by atoms with E-state index in [1.54, 1.807) is 0 Å². The minimum Gasteiger partial charge on any atom is -0.352 e. The highest BCUT2D eigenvalue weighted by Gasteiger charge is 2.18. The van der Waals surface area contributed by atoms with Gasteiger partial charge in [0.25, 0.3) is 5.91 Å². The lowest BCUT2D eigenvalue weighted by Crippen LogP contribution is -2.48. The number of aryl methyl sites for hydroxylation is 1. The van der Waals surface area contributed by atoms with Crippen molar-refractivity contribution in [3.05, 3.63) is 59.9 Å². The second-order valence-electron chi connectivity index (χ2n) is 6.27. The van der Waals surface area contributed by atoms with Gasteiger partial charge < -0.3 is 10.6 Å². The first-order valence-corrected chi connectivity index (χ1v) is 8.26. The van der Waals surface area contributed by atoms with Gasteiger partial charge in [0, 0.05) is 36.8 Å². The lowest BCUT2D eigenvalue weighted by Gasteiger charge is -2.27. The topological polar surface area (TPSA) is 59.0 Å². The van der Waals surface area contributed by atoms with Crippen molar-refractivity contribution in [2.75, 3.05) is 19.6 Å². The Morgan fingerprint density at radius 3 is 2.75 bits per heavy atom. The largest absolute Gasteiger partial charge is 0.352 e. The molecule has 0 aliphatic carbocycles. The van der Waals surface area contributed by atoms with Gasteiger partial charge in [0.2, 0.25) is 0 Å². The normalized spacial score (nSPS) is 14.5. The van der Waals surface area contributed by atoms with E-state index in [2.05, 4.69) is 32.3 Å². The van der Waals surface area contributed by atoms with E-state index in [0.717, 1.165) is 42.2 Å². The Bertz CT molecular complexity index is 881. The molecule has 122 valence electrons. The van der Waals surface area contributed by atoms with Gasteiger partial charge in [-0.05, 0) is 37.3 Å². The number of nitrogens with one attached hydrogen (secondary N) is 2. The van der Waals surface area contributed by atoms with Crippen molar-refractivity contribution in [3.63, 3.8) is 0 Å². The number of rotatable bonds is 4. The lowest BCUT2D eigenvalue weighted by molar-refractivity contribution is 0.0942. The van der Waals surface area contributed by atoms with Gasteiger partial charge in [-0.3, -0.25) is 9.36 Å². The second-order valence-corrected chi connectivity index (χ2v) is 6.27. The van der Waals surface area contributed by atoms with Gasteiger partial charge >= 0.3 is 0 Å². The third-order valence-corrected chi connectivity index (χ3v) is 4.52. The number of hydrogen-bond donors (Lipinski definition) is 2. The molecule has 3 aromatic rings. The number of fused-ring (bicyclic) bond motifs is 1. The molecule has 0 bridgehead atoms. The fourth-order valence-corrected chi connectivity index (χ4v) is 3.08. The molecule has 1 fully saturated rings. The van der Waals surface area contributed by atoms with Gasteiger partial charge in [0.1, 0.15) is 5.82 Å². The summed E-state index contributed by atoms with van der Waals surface area (Å²) in [7, 11) is 0. The van der Waals surface area contributed by atoms with Crippen LogP contribution in [0.25, 0.3) is 16.7 Å². The monoisotopic (exact) mass is 320 g/mol. The molecule has 1 amide bonds. The summed E-state index contributed by atoms with van der Waals surface area (Å²) in [6.45, 7) is 4.68. The summed E-state index contributed by atoms with van der Waals surface area (Å²) in [5, 5.41) is 6.21. The molecule has 0 spiro atoms. The van der Waals surface area contributed by atoms with Crippen LogP contribution in [0.1, 0.15) is 16.2 Å². The van der Waals surface area contributed by atoms with E-state index < -0.39 is 0 Å². The maximum absolute atomic E-state index is 12.3. The fourth-order valence-electron chi connectivity index (χ4n) is 3.08. The summed E-state index contributed by atoms with van der Waals surface area (Å²) in [6.07, 6.45) is 0. The zero-order valence-corrected chi connectivity index (χ0v) is 13.6. The van der Waals surface area contributed by atoms with Crippen LogP contribution in [0, 0.1) is 12.8 Å². The third-order valence-electron chi connectivity index (χ3n) is 4.52. The summed E-state index contributed by atoms with van der Waals surface area (Å²) in [6, 6.07) is 15.9. The van der Waals surface area contributed by atoms with Crippen molar-refractivity contribution < 1.29 is 4.79 Å². The molecule has 1 saturated heterocycles. The first kappa shape index (κ1) is 14.9. The predicted molar refractivity (Wildman–Crippen MR) is 94.5 cm³/mol. The van der Waals surface area contributed by atoms with E-state index in [9.17, 15) is 4.79 Å². The molecule has 2 N–H and O–H groups in total. The number of amides is 1. The Morgan fingerprint density at radius 2 is 2.04 bits per heavy atom. The Hall–Kier alpha value is -2.66. The molecule has 0 atom stereocenters. The number of benzene rings is 2. The minimum atomic E-state index is -0.0317. The highest BCUT2D eigenvalue weighted by molar-refractivity contribution is 5.97. The van der Waals surface area contributed by atoms with E-state index in [0.29, 0.717) is 11.5 Å². The number of imidazole rings is 1. The lowest BCUT2D eigenvalue weighted by atomic mass is 10.0. The van der Waals surface area contributed by atoms with Crippen LogP contribution in [0.15, 0.2) is 48.5 Å². The standard InChI is InChI=1S/C19H20N4O/c1-13-22-17-9-15(19(24)21-12-14-10-20-11-14)7-8-18(17)23(13)16-5-3-2-4-6-16/h2-9,14,20H,10-12H2,1H3,(H,21,24). The Kier molecular flexibility index (Phi) is 3.78. The Labute approximate surface area is 140 Å². The van der Waals surface area contributed by atoms with Gasteiger partial charge in [0.05, 0.1) is 11.0 Å². The summed E-state index contributed by atoms with van der Waals surface area (Å²) in [5.74, 6) is 1.43. The summed E-state index contributed by atoms with van der Waals surface area (Å²) in [4.78, 5) is 17.0. The highest BCUT2D eigenvalue weighted by Crippen LogP contribution is 2.22. The molecule has 5 heteroatoms.